The molecule has 0 radical (unpaired) electrons. The van der Waals surface area contributed by atoms with E-state index in [0.29, 0.717) is 17.9 Å². The molecule has 1 saturated heterocycles. The van der Waals surface area contributed by atoms with Gasteiger partial charge >= 0.3 is 6.03 Å². The van der Waals surface area contributed by atoms with E-state index in [0.717, 1.165) is 5.56 Å². The number of nitrogens with zero attached hydrogens (tertiary/aromatic N) is 2. The highest BCUT2D eigenvalue weighted by Crippen LogP contribution is 2.49. The zero-order chi connectivity index (χ0) is 19.3. The van der Waals surface area contributed by atoms with Gasteiger partial charge in [0, 0.05) is 17.7 Å². The second kappa shape index (κ2) is 5.99. The van der Waals surface area contributed by atoms with Crippen LogP contribution in [-0.2, 0) is 0 Å². The quantitative estimate of drug-likeness (QED) is 0.658. The predicted molar refractivity (Wildman–Crippen MR) is 102 cm³/mol. The highest BCUT2D eigenvalue weighted by atomic mass is 16.5. The minimum absolute atomic E-state index is 0.133. The molecule has 2 aliphatic heterocycles. The maximum atomic E-state index is 13.6. The van der Waals surface area contributed by atoms with E-state index in [1.54, 1.807) is 17.0 Å². The molecule has 140 valence electrons. The molecule has 2 bridgehead atoms. The molecule has 6 nitrogen and oxygen atoms in total. The van der Waals surface area contributed by atoms with Crippen LogP contribution < -0.4 is 9.64 Å². The fourth-order valence-corrected chi connectivity index (χ4v) is 4.11. The molecule has 1 aromatic heterocycles. The van der Waals surface area contributed by atoms with Crippen LogP contribution >= 0.6 is 0 Å². The summed E-state index contributed by atoms with van der Waals surface area (Å²) < 4.78 is 11.6. The number of imide groups is 1. The number of ether oxygens (including phenoxy) is 1. The molecule has 0 aliphatic carbocycles. The summed E-state index contributed by atoms with van der Waals surface area (Å²) in [7, 11) is 0. The third-order valence-electron chi connectivity index (χ3n) is 5.33. The zero-order valence-electron chi connectivity index (χ0n) is 15.2. The second-order valence-corrected chi connectivity index (χ2v) is 7.14. The van der Waals surface area contributed by atoms with Gasteiger partial charge in [-0.05, 0) is 37.3 Å². The molecule has 5 rings (SSSR count). The zero-order valence-corrected chi connectivity index (χ0v) is 15.2. The first-order valence-corrected chi connectivity index (χ1v) is 9.13. The average Bonchev–Trinajstić information content (AvgIpc) is 3.23. The summed E-state index contributed by atoms with van der Waals surface area (Å²) in [5, 5.41) is 0. The molecular weight excluding hydrogens is 356 g/mol. The molecule has 2 aromatic carbocycles. The third-order valence-corrected chi connectivity index (χ3v) is 5.33. The van der Waals surface area contributed by atoms with E-state index in [9.17, 15) is 9.59 Å². The summed E-state index contributed by atoms with van der Waals surface area (Å²) in [6, 6.07) is 19.1. The largest absolute Gasteiger partial charge is 0.467 e. The number of fused-ring (bicyclic) bond motifs is 4. The van der Waals surface area contributed by atoms with Crippen molar-refractivity contribution in [1.82, 2.24) is 4.90 Å². The summed E-state index contributed by atoms with van der Waals surface area (Å²) >= 11 is 0. The Hall–Kier alpha value is -3.54. The molecule has 0 spiro atoms. The fourth-order valence-electron chi connectivity index (χ4n) is 4.11. The van der Waals surface area contributed by atoms with Gasteiger partial charge in [-0.2, -0.15) is 0 Å². The number of hydrogen-bond donors (Lipinski definition) is 0. The van der Waals surface area contributed by atoms with Gasteiger partial charge in [0.1, 0.15) is 5.75 Å². The summed E-state index contributed by atoms with van der Waals surface area (Å²) in [6.45, 7) is 1.88. The minimum Gasteiger partial charge on any atom is -0.467 e. The van der Waals surface area contributed by atoms with Crippen molar-refractivity contribution < 1.29 is 18.7 Å². The van der Waals surface area contributed by atoms with Crippen molar-refractivity contribution in [2.75, 3.05) is 4.90 Å². The molecule has 28 heavy (non-hydrogen) atoms. The SMILES string of the molecule is C[C@@]12C[C@@H](c3ccccc3O1)N(C(=O)c1ccco1)C(=O)N2c1ccccc1. The van der Waals surface area contributed by atoms with Gasteiger partial charge in [-0.25, -0.2) is 9.69 Å². The van der Waals surface area contributed by atoms with Crippen LogP contribution in [0.5, 0.6) is 5.75 Å². The van der Waals surface area contributed by atoms with Crippen LogP contribution in [0.4, 0.5) is 10.5 Å². The van der Waals surface area contributed by atoms with Crippen molar-refractivity contribution in [1.29, 1.82) is 0 Å². The van der Waals surface area contributed by atoms with Gasteiger partial charge in [0.2, 0.25) is 0 Å². The number of furan rings is 1. The van der Waals surface area contributed by atoms with Crippen LogP contribution in [-0.4, -0.2) is 22.6 Å². The Bertz CT molecular complexity index is 1050. The van der Waals surface area contributed by atoms with Gasteiger partial charge < -0.3 is 9.15 Å². The second-order valence-electron chi connectivity index (χ2n) is 7.14. The monoisotopic (exact) mass is 374 g/mol. The molecule has 6 heteroatoms. The van der Waals surface area contributed by atoms with Crippen LogP contribution in [0.15, 0.2) is 77.4 Å². The van der Waals surface area contributed by atoms with Gasteiger partial charge in [0.25, 0.3) is 5.91 Å². The number of carbonyl (C=O) groups excluding carboxylic acids is 2. The van der Waals surface area contributed by atoms with Gasteiger partial charge in [0.15, 0.2) is 11.5 Å². The van der Waals surface area contributed by atoms with Gasteiger partial charge in [-0.1, -0.05) is 36.4 Å². The van der Waals surface area contributed by atoms with Crippen molar-refractivity contribution >= 4 is 17.6 Å². The van der Waals surface area contributed by atoms with Crippen molar-refractivity contribution in [2.24, 2.45) is 0 Å². The number of carbonyl (C=O) groups is 2. The lowest BCUT2D eigenvalue weighted by Gasteiger charge is -2.53. The Labute approximate surface area is 161 Å². The molecule has 2 aliphatic rings. The van der Waals surface area contributed by atoms with Crippen LogP contribution in [0.3, 0.4) is 0 Å². The average molecular weight is 374 g/mol. The van der Waals surface area contributed by atoms with Crippen LogP contribution in [0.25, 0.3) is 0 Å². The Kier molecular flexibility index (Phi) is 3.55. The maximum absolute atomic E-state index is 13.6. The molecule has 0 unspecified atom stereocenters. The van der Waals surface area contributed by atoms with Crippen molar-refractivity contribution in [3.63, 3.8) is 0 Å². The van der Waals surface area contributed by atoms with E-state index in [4.69, 9.17) is 9.15 Å². The van der Waals surface area contributed by atoms with E-state index in [2.05, 4.69) is 0 Å². The molecule has 0 saturated carbocycles. The Balaban J connectivity index is 1.69. The fraction of sp³-hybridized carbons (Fsp3) is 0.182. The molecule has 2 atom stereocenters. The van der Waals surface area contributed by atoms with Crippen LogP contribution in [0.1, 0.15) is 35.5 Å². The molecule has 1 fully saturated rings. The number of rotatable bonds is 2. The molecule has 3 heterocycles. The van der Waals surface area contributed by atoms with Gasteiger partial charge in [-0.3, -0.25) is 9.69 Å². The Morgan fingerprint density at radius 3 is 2.54 bits per heavy atom. The number of amides is 3. The van der Waals surface area contributed by atoms with Crippen molar-refractivity contribution in [2.45, 2.75) is 25.1 Å². The van der Waals surface area contributed by atoms with E-state index in [1.165, 1.54) is 11.2 Å². The minimum atomic E-state index is -0.905. The Morgan fingerprint density at radius 2 is 1.79 bits per heavy atom. The molecule has 3 aromatic rings. The molecule has 0 N–H and O–H groups in total. The number of benzene rings is 2. The highest BCUT2D eigenvalue weighted by Gasteiger charge is 2.55. The summed E-state index contributed by atoms with van der Waals surface area (Å²) in [4.78, 5) is 29.6. The first-order chi connectivity index (χ1) is 13.6. The van der Waals surface area contributed by atoms with Crippen molar-refractivity contribution in [3.05, 3.63) is 84.3 Å². The number of anilines is 1. The van der Waals surface area contributed by atoms with E-state index in [1.807, 2.05) is 61.5 Å². The topological polar surface area (TPSA) is 63.0 Å². The van der Waals surface area contributed by atoms with Crippen molar-refractivity contribution in [3.8, 4) is 5.75 Å². The van der Waals surface area contributed by atoms with Crippen LogP contribution in [0.2, 0.25) is 0 Å². The predicted octanol–water partition coefficient (Wildman–Crippen LogP) is 4.60. The first-order valence-electron chi connectivity index (χ1n) is 9.13. The lowest BCUT2D eigenvalue weighted by Crippen LogP contribution is -2.67. The number of hydrogen-bond acceptors (Lipinski definition) is 4. The lowest BCUT2D eigenvalue weighted by molar-refractivity contribution is 0.00174. The maximum Gasteiger partial charge on any atom is 0.335 e. The summed E-state index contributed by atoms with van der Waals surface area (Å²) in [5.74, 6) is 0.348. The molecular formula is C22H18N2O4. The van der Waals surface area contributed by atoms with Crippen LogP contribution in [0, 0.1) is 0 Å². The Morgan fingerprint density at radius 1 is 1.04 bits per heavy atom. The van der Waals surface area contributed by atoms with E-state index in [-0.39, 0.29) is 5.76 Å². The van der Waals surface area contributed by atoms with Gasteiger partial charge in [-0.15, -0.1) is 0 Å². The summed E-state index contributed by atoms with van der Waals surface area (Å²) in [5.41, 5.74) is 0.586. The van der Waals surface area contributed by atoms with E-state index < -0.39 is 23.7 Å². The van der Waals surface area contributed by atoms with Gasteiger partial charge in [0.05, 0.1) is 12.3 Å². The summed E-state index contributed by atoms with van der Waals surface area (Å²) in [6.07, 6.45) is 1.88. The van der Waals surface area contributed by atoms with E-state index >= 15 is 0 Å². The number of urea groups is 1. The highest BCUT2D eigenvalue weighted by molar-refractivity contribution is 6.09. The number of para-hydroxylation sites is 2. The third kappa shape index (κ3) is 2.34. The molecule has 3 amide bonds. The normalized spacial score (nSPS) is 23.2. The smallest absolute Gasteiger partial charge is 0.335 e. The standard InChI is InChI=1S/C22H18N2O4/c1-22-14-17(16-10-5-6-11-18(16)28-22)23(20(25)19-12-7-13-27-19)21(26)24(22)15-8-3-2-4-9-15/h2-13,17H,14H2,1H3/t17-,22-/m0/s1. The lowest BCUT2D eigenvalue weighted by atomic mass is 9.88. The first kappa shape index (κ1) is 16.6.